The maximum Gasteiger partial charge on any atom is 0.222 e. The Morgan fingerprint density at radius 1 is 1.05 bits per heavy atom. The van der Waals surface area contributed by atoms with Crippen LogP contribution in [0.25, 0.3) is 10.9 Å². The molecule has 0 bridgehead atoms. The Bertz CT molecular complexity index is 611. The summed E-state index contributed by atoms with van der Waals surface area (Å²) in [7, 11) is 0. The molecule has 2 aromatic rings. The van der Waals surface area contributed by atoms with E-state index in [9.17, 15) is 0 Å². The van der Waals surface area contributed by atoms with Gasteiger partial charge in [0.05, 0.1) is 5.52 Å². The highest BCUT2D eigenvalue weighted by atomic mass is 15.1. The summed E-state index contributed by atoms with van der Waals surface area (Å²) in [6.07, 6.45) is 1.03. The summed E-state index contributed by atoms with van der Waals surface area (Å²) in [6, 6.07) is 7.92. The zero-order valence-electron chi connectivity index (χ0n) is 13.0. The summed E-state index contributed by atoms with van der Waals surface area (Å²) in [5.41, 5.74) is 6.85. The second-order valence-corrected chi connectivity index (χ2v) is 7.19. The molecule has 0 fully saturated rings. The van der Waals surface area contributed by atoms with Crippen molar-refractivity contribution in [3.8, 4) is 0 Å². The third-order valence-electron chi connectivity index (χ3n) is 3.05. The highest BCUT2D eigenvalue weighted by Gasteiger charge is 2.26. The second kappa shape index (κ2) is 4.93. The highest BCUT2D eigenvalue weighted by Crippen LogP contribution is 2.31. The maximum atomic E-state index is 5.81. The normalized spacial score (nSPS) is 12.7. The summed E-state index contributed by atoms with van der Waals surface area (Å²) < 4.78 is 0. The fraction of sp³-hybridized carbons (Fsp3) is 0.500. The maximum absolute atomic E-state index is 5.81. The van der Waals surface area contributed by atoms with Gasteiger partial charge in [0.2, 0.25) is 5.95 Å². The molecule has 2 rings (SSSR count). The van der Waals surface area contributed by atoms with E-state index in [0.717, 1.165) is 23.1 Å². The molecule has 4 heteroatoms. The predicted octanol–water partition coefficient (Wildman–Crippen LogP) is 3.84. The van der Waals surface area contributed by atoms with E-state index in [1.54, 1.807) is 0 Å². The van der Waals surface area contributed by atoms with Gasteiger partial charge in [-0.25, -0.2) is 4.98 Å². The topological polar surface area (TPSA) is 63.8 Å². The number of benzene rings is 1. The molecule has 20 heavy (non-hydrogen) atoms. The van der Waals surface area contributed by atoms with Crippen LogP contribution in [0.3, 0.4) is 0 Å². The largest absolute Gasteiger partial charge is 0.368 e. The van der Waals surface area contributed by atoms with Crippen molar-refractivity contribution in [2.24, 2.45) is 5.41 Å². The van der Waals surface area contributed by atoms with Gasteiger partial charge in [-0.1, -0.05) is 32.9 Å². The molecule has 0 aliphatic rings. The molecule has 0 saturated heterocycles. The van der Waals surface area contributed by atoms with Crippen LogP contribution in [0.15, 0.2) is 24.3 Å². The number of hydrogen-bond acceptors (Lipinski definition) is 4. The van der Waals surface area contributed by atoms with Crippen LogP contribution in [0.2, 0.25) is 0 Å². The molecule has 3 N–H and O–H groups in total. The van der Waals surface area contributed by atoms with E-state index in [-0.39, 0.29) is 11.0 Å². The number of anilines is 2. The summed E-state index contributed by atoms with van der Waals surface area (Å²) >= 11 is 0. The molecule has 1 heterocycles. The quantitative estimate of drug-likeness (QED) is 0.891. The highest BCUT2D eigenvalue weighted by molar-refractivity contribution is 5.90. The standard InChI is InChI=1S/C16H24N4/c1-15(2,3)10-16(4,5)20-13-11-8-6-7-9-12(11)18-14(17)19-13/h6-9H,10H2,1-5H3,(H3,17,18,19,20). The van der Waals surface area contributed by atoms with Gasteiger partial charge in [-0.05, 0) is 37.8 Å². The van der Waals surface area contributed by atoms with Gasteiger partial charge in [-0.2, -0.15) is 4.98 Å². The Balaban J connectivity index is 2.38. The molecule has 0 aliphatic heterocycles. The Morgan fingerprint density at radius 2 is 1.70 bits per heavy atom. The minimum atomic E-state index is -0.0676. The van der Waals surface area contributed by atoms with E-state index < -0.39 is 0 Å². The monoisotopic (exact) mass is 272 g/mol. The van der Waals surface area contributed by atoms with Crippen LogP contribution in [0.4, 0.5) is 11.8 Å². The molecule has 108 valence electrons. The summed E-state index contributed by atoms with van der Waals surface area (Å²) in [5.74, 6) is 1.11. The first-order chi connectivity index (χ1) is 9.16. The molecule has 0 radical (unpaired) electrons. The zero-order valence-corrected chi connectivity index (χ0v) is 13.0. The Labute approximate surface area is 120 Å². The first-order valence-electron chi connectivity index (χ1n) is 6.97. The van der Waals surface area contributed by atoms with Crippen LogP contribution < -0.4 is 11.1 Å². The molecule has 1 aromatic carbocycles. The number of nitrogens with one attached hydrogen (secondary N) is 1. The third-order valence-corrected chi connectivity index (χ3v) is 3.05. The van der Waals surface area contributed by atoms with Gasteiger partial charge in [-0.3, -0.25) is 0 Å². The van der Waals surface area contributed by atoms with Crippen molar-refractivity contribution in [1.29, 1.82) is 0 Å². The summed E-state index contributed by atoms with van der Waals surface area (Å²) in [5, 5.41) is 4.53. The summed E-state index contributed by atoms with van der Waals surface area (Å²) in [4.78, 5) is 8.64. The van der Waals surface area contributed by atoms with Gasteiger partial charge in [0.15, 0.2) is 0 Å². The van der Waals surface area contributed by atoms with Crippen molar-refractivity contribution in [3.05, 3.63) is 24.3 Å². The predicted molar refractivity (Wildman–Crippen MR) is 85.7 cm³/mol. The third kappa shape index (κ3) is 3.59. The molecule has 0 spiro atoms. The number of rotatable bonds is 3. The van der Waals surface area contributed by atoms with E-state index in [4.69, 9.17) is 5.73 Å². The first kappa shape index (κ1) is 14.6. The lowest BCUT2D eigenvalue weighted by Crippen LogP contribution is -2.35. The van der Waals surface area contributed by atoms with Gasteiger partial charge >= 0.3 is 0 Å². The van der Waals surface area contributed by atoms with Crippen molar-refractivity contribution in [1.82, 2.24) is 9.97 Å². The van der Waals surface area contributed by atoms with Gasteiger partial charge in [0.25, 0.3) is 0 Å². The van der Waals surface area contributed by atoms with Gasteiger partial charge in [-0.15, -0.1) is 0 Å². The number of nitrogen functional groups attached to an aromatic ring is 1. The van der Waals surface area contributed by atoms with Crippen molar-refractivity contribution in [2.75, 3.05) is 11.1 Å². The first-order valence-corrected chi connectivity index (χ1v) is 6.97. The van der Waals surface area contributed by atoms with E-state index in [2.05, 4.69) is 49.9 Å². The van der Waals surface area contributed by atoms with Crippen LogP contribution in [-0.4, -0.2) is 15.5 Å². The molecule has 0 saturated carbocycles. The van der Waals surface area contributed by atoms with Crippen molar-refractivity contribution < 1.29 is 0 Å². The number of para-hydroxylation sites is 1. The van der Waals surface area contributed by atoms with Crippen molar-refractivity contribution in [2.45, 2.75) is 46.6 Å². The molecule has 0 amide bonds. The van der Waals surface area contributed by atoms with E-state index in [0.29, 0.717) is 5.95 Å². The zero-order chi connectivity index (χ0) is 15.0. The lowest BCUT2D eigenvalue weighted by atomic mass is 9.82. The van der Waals surface area contributed by atoms with Gasteiger partial charge in [0, 0.05) is 10.9 Å². The molecule has 1 aromatic heterocycles. The molecule has 0 aliphatic carbocycles. The van der Waals surface area contributed by atoms with Crippen LogP contribution in [0.5, 0.6) is 0 Å². The Kier molecular flexibility index (Phi) is 3.59. The fourth-order valence-electron chi connectivity index (χ4n) is 2.88. The number of nitrogens with two attached hydrogens (primary N) is 1. The average molecular weight is 272 g/mol. The lowest BCUT2D eigenvalue weighted by Gasteiger charge is -2.34. The molecule has 0 atom stereocenters. The van der Waals surface area contributed by atoms with Crippen molar-refractivity contribution >= 4 is 22.7 Å². The van der Waals surface area contributed by atoms with E-state index >= 15 is 0 Å². The minimum absolute atomic E-state index is 0.0676. The average Bonchev–Trinajstić information content (AvgIpc) is 2.24. The Morgan fingerprint density at radius 3 is 2.35 bits per heavy atom. The molecular weight excluding hydrogens is 248 g/mol. The van der Waals surface area contributed by atoms with Crippen molar-refractivity contribution in [3.63, 3.8) is 0 Å². The van der Waals surface area contributed by atoms with Crippen LogP contribution in [0, 0.1) is 5.41 Å². The van der Waals surface area contributed by atoms with Crippen LogP contribution in [-0.2, 0) is 0 Å². The molecular formula is C16H24N4. The van der Waals surface area contributed by atoms with Crippen LogP contribution in [0.1, 0.15) is 41.0 Å². The van der Waals surface area contributed by atoms with Gasteiger partial charge in [0.1, 0.15) is 5.82 Å². The minimum Gasteiger partial charge on any atom is -0.368 e. The number of fused-ring (bicyclic) bond motifs is 1. The Hall–Kier alpha value is -1.84. The summed E-state index contributed by atoms with van der Waals surface area (Å²) in [6.45, 7) is 11.1. The smallest absolute Gasteiger partial charge is 0.222 e. The van der Waals surface area contributed by atoms with Crippen LogP contribution >= 0.6 is 0 Å². The number of nitrogens with zero attached hydrogens (tertiary/aromatic N) is 2. The van der Waals surface area contributed by atoms with E-state index in [1.807, 2.05) is 24.3 Å². The fourth-order valence-corrected chi connectivity index (χ4v) is 2.88. The van der Waals surface area contributed by atoms with E-state index in [1.165, 1.54) is 0 Å². The second-order valence-electron chi connectivity index (χ2n) is 7.19. The molecule has 4 nitrogen and oxygen atoms in total. The van der Waals surface area contributed by atoms with Gasteiger partial charge < -0.3 is 11.1 Å². The number of aromatic nitrogens is 2. The SMILES string of the molecule is CC(C)(C)CC(C)(C)Nc1nc(N)nc2ccccc12. The molecule has 0 unspecified atom stereocenters. The number of hydrogen-bond donors (Lipinski definition) is 2. The lowest BCUT2D eigenvalue weighted by molar-refractivity contribution is 0.302.